The van der Waals surface area contributed by atoms with Crippen molar-refractivity contribution in [3.05, 3.63) is 109 Å². The molecule has 3 atom stereocenters. The maximum absolute atomic E-state index is 13.9. The zero-order valence-corrected chi connectivity index (χ0v) is 24.2. The van der Waals surface area contributed by atoms with Gasteiger partial charge in [0.1, 0.15) is 11.8 Å². The normalized spacial score (nSPS) is 19.8. The van der Waals surface area contributed by atoms with Crippen molar-refractivity contribution in [1.29, 1.82) is 0 Å². The van der Waals surface area contributed by atoms with Gasteiger partial charge in [-0.15, -0.1) is 11.3 Å². The number of anilines is 2. The van der Waals surface area contributed by atoms with Crippen molar-refractivity contribution in [1.82, 2.24) is 4.57 Å². The summed E-state index contributed by atoms with van der Waals surface area (Å²) in [6.07, 6.45) is 0. The van der Waals surface area contributed by atoms with Gasteiger partial charge in [-0.05, 0) is 53.4 Å². The summed E-state index contributed by atoms with van der Waals surface area (Å²) in [6, 6.07) is 24.7. The molecule has 2 aliphatic rings. The second-order valence-corrected chi connectivity index (χ2v) is 13.2. The molecule has 3 aromatic carbocycles. The van der Waals surface area contributed by atoms with Gasteiger partial charge in [-0.1, -0.05) is 77.2 Å². The number of fused-ring (bicyclic) bond motifs is 3. The summed E-state index contributed by atoms with van der Waals surface area (Å²) in [7, 11) is 0. The number of nitrogens with zero attached hydrogens (tertiary/aromatic N) is 2. The molecule has 0 saturated carbocycles. The lowest BCUT2D eigenvalue weighted by Crippen LogP contribution is -2.32. The summed E-state index contributed by atoms with van der Waals surface area (Å²) < 4.78 is 1.45. The van der Waals surface area contributed by atoms with Crippen LogP contribution in [-0.4, -0.2) is 27.5 Å². The van der Waals surface area contributed by atoms with Crippen molar-refractivity contribution in [2.24, 2.45) is 5.92 Å². The highest BCUT2D eigenvalue weighted by Gasteiger charge is 2.57. The number of amides is 3. The minimum atomic E-state index is -0.702. The predicted molar refractivity (Wildman–Crippen MR) is 164 cm³/mol. The van der Waals surface area contributed by atoms with E-state index in [2.05, 4.69) is 5.32 Å². The van der Waals surface area contributed by atoms with Crippen LogP contribution in [0.3, 0.4) is 0 Å². The maximum Gasteiger partial charge on any atom is 0.308 e. The molecule has 0 bridgehead atoms. The van der Waals surface area contributed by atoms with Gasteiger partial charge in [-0.25, -0.2) is 4.90 Å². The summed E-state index contributed by atoms with van der Waals surface area (Å²) >= 11 is 3.78. The molecule has 7 rings (SSSR count). The molecule has 1 fully saturated rings. The molecule has 5 aromatic rings. The van der Waals surface area contributed by atoms with Crippen molar-refractivity contribution in [3.8, 4) is 0 Å². The van der Waals surface area contributed by atoms with Gasteiger partial charge in [0, 0.05) is 21.4 Å². The number of rotatable bonds is 5. The monoisotopic (exact) mass is 597 g/mol. The molecule has 2 aliphatic heterocycles. The lowest BCUT2D eigenvalue weighted by molar-refractivity contribution is -0.122. The molecule has 2 aromatic heterocycles. The number of hydrogen-bond acceptors (Lipinski definition) is 7. The number of imide groups is 1. The summed E-state index contributed by atoms with van der Waals surface area (Å²) in [4.78, 5) is 56.8. The van der Waals surface area contributed by atoms with Crippen LogP contribution < -0.4 is 15.1 Å². The van der Waals surface area contributed by atoms with E-state index in [1.54, 1.807) is 12.1 Å². The van der Waals surface area contributed by atoms with Crippen molar-refractivity contribution in [2.75, 3.05) is 10.2 Å². The number of carbonyl (C=O) groups excluding carboxylic acids is 3. The van der Waals surface area contributed by atoms with E-state index >= 15 is 0 Å². The molecule has 0 spiro atoms. The first-order valence-corrected chi connectivity index (χ1v) is 15.6. The minimum absolute atomic E-state index is 0.192. The lowest BCUT2D eigenvalue weighted by Gasteiger charge is -2.29. The van der Waals surface area contributed by atoms with E-state index in [-0.39, 0.29) is 29.1 Å². The second-order valence-electron chi connectivity index (χ2n) is 10.1. The Morgan fingerprint density at radius 3 is 2.44 bits per heavy atom. The SMILES string of the molecule is Cc1ccc(N2C(=O)[C@H]3[C@H](c4cccs4)c4sc(=O)n(CC(=O)Nc5ccc6ccccc6c5)c4S[C@H]3C2=O)cc1. The van der Waals surface area contributed by atoms with Crippen LogP contribution in [0, 0.1) is 12.8 Å². The van der Waals surface area contributed by atoms with Crippen molar-refractivity contribution >= 4 is 74.3 Å². The third-order valence-electron chi connectivity index (χ3n) is 7.53. The molecular formula is C31H23N3O4S3. The first-order valence-electron chi connectivity index (χ1n) is 13.1. The van der Waals surface area contributed by atoms with Crippen LogP contribution in [0.2, 0.25) is 0 Å². The van der Waals surface area contributed by atoms with Gasteiger partial charge in [-0.2, -0.15) is 0 Å². The highest BCUT2D eigenvalue weighted by molar-refractivity contribution is 8.00. The number of hydrogen-bond donors (Lipinski definition) is 1. The van der Waals surface area contributed by atoms with Gasteiger partial charge < -0.3 is 5.32 Å². The molecule has 0 aliphatic carbocycles. The van der Waals surface area contributed by atoms with Crippen LogP contribution in [0.4, 0.5) is 11.4 Å². The molecule has 1 N–H and O–H groups in total. The van der Waals surface area contributed by atoms with Crippen molar-refractivity contribution in [3.63, 3.8) is 0 Å². The molecule has 0 unspecified atom stereocenters. The molecule has 4 heterocycles. The zero-order chi connectivity index (χ0) is 28.2. The summed E-state index contributed by atoms with van der Waals surface area (Å²) in [5.41, 5.74) is 2.21. The lowest BCUT2D eigenvalue weighted by atomic mass is 9.87. The Morgan fingerprint density at radius 2 is 1.68 bits per heavy atom. The van der Waals surface area contributed by atoms with Crippen LogP contribution in [0.25, 0.3) is 10.8 Å². The van der Waals surface area contributed by atoms with Crippen LogP contribution in [0.15, 0.2) is 94.1 Å². The fraction of sp³-hybridized carbons (Fsp3) is 0.161. The third kappa shape index (κ3) is 4.43. The molecular weight excluding hydrogens is 575 g/mol. The number of aromatic nitrogens is 1. The second kappa shape index (κ2) is 10.1. The number of carbonyl (C=O) groups is 3. The van der Waals surface area contributed by atoms with E-state index in [0.29, 0.717) is 16.4 Å². The Labute approximate surface area is 247 Å². The fourth-order valence-electron chi connectivity index (χ4n) is 5.59. The number of thiazole rings is 1. The van der Waals surface area contributed by atoms with E-state index in [1.807, 2.05) is 79.0 Å². The highest BCUT2D eigenvalue weighted by atomic mass is 32.2. The number of nitrogens with one attached hydrogen (secondary N) is 1. The smallest absolute Gasteiger partial charge is 0.308 e. The van der Waals surface area contributed by atoms with Crippen LogP contribution in [0.5, 0.6) is 0 Å². The van der Waals surface area contributed by atoms with Crippen molar-refractivity contribution < 1.29 is 14.4 Å². The van der Waals surface area contributed by atoms with E-state index in [4.69, 9.17) is 0 Å². The molecule has 10 heteroatoms. The Kier molecular flexibility index (Phi) is 6.41. The quantitative estimate of drug-likeness (QED) is 0.256. The Bertz CT molecular complexity index is 1890. The first-order chi connectivity index (χ1) is 19.9. The predicted octanol–water partition coefficient (Wildman–Crippen LogP) is 5.87. The number of thioether (sulfide) groups is 1. The third-order valence-corrected chi connectivity index (χ3v) is 11.1. The molecule has 204 valence electrons. The van der Waals surface area contributed by atoms with E-state index in [9.17, 15) is 19.2 Å². The summed E-state index contributed by atoms with van der Waals surface area (Å²) in [6.45, 7) is 1.76. The summed E-state index contributed by atoms with van der Waals surface area (Å²) in [5.74, 6) is -1.98. The highest BCUT2D eigenvalue weighted by Crippen LogP contribution is 2.54. The Hall–Kier alpha value is -3.99. The van der Waals surface area contributed by atoms with Gasteiger partial charge in [0.25, 0.3) is 0 Å². The van der Waals surface area contributed by atoms with E-state index < -0.39 is 17.1 Å². The van der Waals surface area contributed by atoms with Gasteiger partial charge in [0.2, 0.25) is 17.7 Å². The molecule has 7 nitrogen and oxygen atoms in total. The average Bonchev–Trinajstić information content (AvgIpc) is 3.66. The van der Waals surface area contributed by atoms with Crippen LogP contribution in [-0.2, 0) is 20.9 Å². The maximum atomic E-state index is 13.9. The van der Waals surface area contributed by atoms with Gasteiger partial charge >= 0.3 is 4.87 Å². The molecule has 3 amide bonds. The average molecular weight is 598 g/mol. The largest absolute Gasteiger partial charge is 0.325 e. The molecule has 0 radical (unpaired) electrons. The summed E-state index contributed by atoms with van der Waals surface area (Å²) in [5, 5.41) is 6.79. The number of benzene rings is 3. The minimum Gasteiger partial charge on any atom is -0.325 e. The van der Waals surface area contributed by atoms with E-state index in [1.165, 1.54) is 32.6 Å². The van der Waals surface area contributed by atoms with Crippen LogP contribution in [0.1, 0.15) is 21.2 Å². The topological polar surface area (TPSA) is 88.5 Å². The number of thiophene rings is 1. The Morgan fingerprint density at radius 1 is 0.902 bits per heavy atom. The van der Waals surface area contributed by atoms with Crippen molar-refractivity contribution in [2.45, 2.75) is 29.7 Å². The van der Waals surface area contributed by atoms with Crippen LogP contribution >= 0.6 is 34.4 Å². The zero-order valence-electron chi connectivity index (χ0n) is 21.8. The standard InChI is InChI=1S/C31H23N3O4S3/c1-17-8-12-21(13-9-17)34-28(36)25-24(22-7-4-14-39-22)27-30(40-26(25)29(34)37)33(31(38)41-27)16-23(35)32-20-11-10-18-5-2-3-6-19(18)15-20/h2-15,24-26H,16H2,1H3,(H,32,35)/t24-,25-,26+/m0/s1. The van der Waals surface area contributed by atoms with Gasteiger partial charge in [-0.3, -0.25) is 23.7 Å². The fourth-order valence-corrected chi connectivity index (χ4v) is 9.31. The molecule has 1 saturated heterocycles. The van der Waals surface area contributed by atoms with E-state index in [0.717, 1.165) is 37.4 Å². The Balaban J connectivity index is 1.23. The number of aryl methyl sites for hydroxylation is 1. The molecule has 41 heavy (non-hydrogen) atoms. The first kappa shape index (κ1) is 25.9. The van der Waals surface area contributed by atoms with Gasteiger partial charge in [0.15, 0.2) is 0 Å². The van der Waals surface area contributed by atoms with Gasteiger partial charge in [0.05, 0.1) is 16.6 Å².